The van der Waals surface area contributed by atoms with E-state index in [0.29, 0.717) is 6.54 Å². The third-order valence-corrected chi connectivity index (χ3v) is 1.54. The van der Waals surface area contributed by atoms with Gasteiger partial charge in [-0.1, -0.05) is 30.0 Å². The van der Waals surface area contributed by atoms with Gasteiger partial charge in [0.25, 0.3) is 0 Å². The molecule has 2 nitrogen and oxygen atoms in total. The lowest BCUT2D eigenvalue weighted by Gasteiger charge is -1.98. The van der Waals surface area contributed by atoms with Crippen LogP contribution >= 0.6 is 0 Å². The largest absolute Gasteiger partial charge is 0.384 e. The molecule has 1 aromatic carbocycles. The minimum atomic E-state index is -0.112. The van der Waals surface area contributed by atoms with Crippen LogP contribution in [0, 0.1) is 11.8 Å². The zero-order chi connectivity index (χ0) is 8.81. The summed E-state index contributed by atoms with van der Waals surface area (Å²) in [5.74, 6) is 5.42. The molecule has 0 fully saturated rings. The molecule has 1 rings (SSSR count). The molecule has 1 aromatic rings. The highest BCUT2D eigenvalue weighted by Crippen LogP contribution is 2.05. The average Bonchev–Trinajstić information content (AvgIpc) is 2.15. The number of aliphatic hydroxyl groups is 1. The molecule has 3 N–H and O–H groups in total. The zero-order valence-electron chi connectivity index (χ0n) is 6.75. The molecule has 0 saturated carbocycles. The molecule has 0 unspecified atom stereocenters. The van der Waals surface area contributed by atoms with Crippen LogP contribution in [-0.4, -0.2) is 11.7 Å². The second-order valence-electron chi connectivity index (χ2n) is 2.32. The number of nitrogens with two attached hydrogens (primary N) is 1. The second-order valence-corrected chi connectivity index (χ2v) is 2.32. The van der Waals surface area contributed by atoms with Crippen LogP contribution in [0.15, 0.2) is 24.3 Å². The Morgan fingerprint density at radius 3 is 2.75 bits per heavy atom. The maximum atomic E-state index is 8.49. The van der Waals surface area contributed by atoms with Crippen molar-refractivity contribution in [3.63, 3.8) is 0 Å². The molecule has 0 radical (unpaired) electrons. The van der Waals surface area contributed by atoms with Gasteiger partial charge in [0.15, 0.2) is 0 Å². The Kier molecular flexibility index (Phi) is 3.34. The van der Waals surface area contributed by atoms with Crippen molar-refractivity contribution >= 4 is 0 Å². The van der Waals surface area contributed by atoms with Gasteiger partial charge < -0.3 is 10.8 Å². The Labute approximate surface area is 72.0 Å². The highest BCUT2D eigenvalue weighted by Gasteiger charge is 1.93. The minimum Gasteiger partial charge on any atom is -0.384 e. The molecule has 12 heavy (non-hydrogen) atoms. The summed E-state index contributed by atoms with van der Waals surface area (Å²) in [5.41, 5.74) is 7.40. The number of benzene rings is 1. The Hall–Kier alpha value is -1.30. The summed E-state index contributed by atoms with van der Waals surface area (Å²) in [4.78, 5) is 0. The van der Waals surface area contributed by atoms with Gasteiger partial charge in [-0.15, -0.1) is 0 Å². The van der Waals surface area contributed by atoms with Crippen LogP contribution in [0.25, 0.3) is 0 Å². The zero-order valence-corrected chi connectivity index (χ0v) is 6.75. The molecule has 0 spiro atoms. The van der Waals surface area contributed by atoms with E-state index in [0.717, 1.165) is 11.1 Å². The van der Waals surface area contributed by atoms with Crippen molar-refractivity contribution < 1.29 is 5.11 Å². The van der Waals surface area contributed by atoms with Crippen molar-refractivity contribution in [2.45, 2.75) is 6.54 Å². The average molecular weight is 161 g/mol. The Balaban J connectivity index is 2.97. The topological polar surface area (TPSA) is 46.2 Å². The second kappa shape index (κ2) is 4.55. The lowest BCUT2D eigenvalue weighted by atomic mass is 10.1. The lowest BCUT2D eigenvalue weighted by Crippen LogP contribution is -1.98. The first kappa shape index (κ1) is 8.79. The summed E-state index contributed by atoms with van der Waals surface area (Å²) < 4.78 is 0. The van der Waals surface area contributed by atoms with E-state index in [1.807, 2.05) is 24.3 Å². The molecular weight excluding hydrogens is 150 g/mol. The molecule has 0 aliphatic carbocycles. The van der Waals surface area contributed by atoms with Gasteiger partial charge in [-0.05, 0) is 11.6 Å². The number of hydrogen-bond donors (Lipinski definition) is 2. The van der Waals surface area contributed by atoms with Crippen LogP contribution in [0.4, 0.5) is 0 Å². The summed E-state index contributed by atoms with van der Waals surface area (Å²) in [6.45, 7) is 0.370. The Morgan fingerprint density at radius 1 is 1.33 bits per heavy atom. The highest BCUT2D eigenvalue weighted by molar-refractivity contribution is 5.41. The first-order chi connectivity index (χ1) is 5.88. The molecule has 0 bridgehead atoms. The van der Waals surface area contributed by atoms with Crippen molar-refractivity contribution in [3.8, 4) is 11.8 Å². The summed E-state index contributed by atoms with van der Waals surface area (Å²) in [6, 6.07) is 7.65. The molecule has 0 amide bonds. The standard InChI is InChI=1S/C10H11NO/c11-8-10-5-2-1-4-9(10)6-3-7-12/h1-2,4-5,12H,7-8,11H2. The van der Waals surface area contributed by atoms with Crippen LogP contribution in [0.5, 0.6) is 0 Å². The van der Waals surface area contributed by atoms with Crippen molar-refractivity contribution in [1.82, 2.24) is 0 Å². The van der Waals surface area contributed by atoms with Crippen LogP contribution < -0.4 is 5.73 Å². The maximum absolute atomic E-state index is 8.49. The van der Waals surface area contributed by atoms with Crippen LogP contribution in [0.2, 0.25) is 0 Å². The normalized spacial score (nSPS) is 8.83. The molecule has 0 heterocycles. The predicted molar refractivity (Wildman–Crippen MR) is 48.3 cm³/mol. The van der Waals surface area contributed by atoms with Gasteiger partial charge >= 0.3 is 0 Å². The third kappa shape index (κ3) is 2.09. The van der Waals surface area contributed by atoms with Gasteiger partial charge in [0.05, 0.1) is 0 Å². The van der Waals surface area contributed by atoms with E-state index in [-0.39, 0.29) is 6.61 Å². The van der Waals surface area contributed by atoms with Gasteiger partial charge in [0.2, 0.25) is 0 Å². The molecular formula is C10H11NO. The molecule has 0 saturated heterocycles. The highest BCUT2D eigenvalue weighted by atomic mass is 16.2. The molecule has 0 atom stereocenters. The van der Waals surface area contributed by atoms with Crippen molar-refractivity contribution in [1.29, 1.82) is 0 Å². The number of rotatable bonds is 1. The van der Waals surface area contributed by atoms with Gasteiger partial charge in [-0.25, -0.2) is 0 Å². The van der Waals surface area contributed by atoms with Gasteiger partial charge in [0, 0.05) is 12.1 Å². The maximum Gasteiger partial charge on any atom is 0.104 e. The summed E-state index contributed by atoms with van der Waals surface area (Å²) >= 11 is 0. The van der Waals surface area contributed by atoms with E-state index in [4.69, 9.17) is 10.8 Å². The van der Waals surface area contributed by atoms with Crippen molar-refractivity contribution in [2.24, 2.45) is 5.73 Å². The quantitative estimate of drug-likeness (QED) is 0.589. The van der Waals surface area contributed by atoms with Crippen LogP contribution in [-0.2, 0) is 6.54 Å². The van der Waals surface area contributed by atoms with E-state index in [1.165, 1.54) is 0 Å². The Morgan fingerprint density at radius 2 is 2.08 bits per heavy atom. The lowest BCUT2D eigenvalue weighted by molar-refractivity contribution is 0.350. The molecule has 2 heteroatoms. The predicted octanol–water partition coefficient (Wildman–Crippen LogP) is 0.489. The number of aliphatic hydroxyl groups excluding tert-OH is 1. The Bertz CT molecular complexity index is 309. The molecule has 0 aromatic heterocycles. The fourth-order valence-electron chi connectivity index (χ4n) is 0.955. The van der Waals surface area contributed by atoms with E-state index in [1.54, 1.807) is 0 Å². The van der Waals surface area contributed by atoms with E-state index < -0.39 is 0 Å². The minimum absolute atomic E-state index is 0.112. The smallest absolute Gasteiger partial charge is 0.104 e. The van der Waals surface area contributed by atoms with E-state index in [2.05, 4.69) is 11.8 Å². The van der Waals surface area contributed by atoms with Crippen LogP contribution in [0.1, 0.15) is 11.1 Å². The fraction of sp³-hybridized carbons (Fsp3) is 0.200. The van der Waals surface area contributed by atoms with Gasteiger partial charge in [-0.2, -0.15) is 0 Å². The first-order valence-electron chi connectivity index (χ1n) is 3.76. The van der Waals surface area contributed by atoms with Crippen molar-refractivity contribution in [3.05, 3.63) is 35.4 Å². The molecule has 0 aliphatic heterocycles. The fourth-order valence-corrected chi connectivity index (χ4v) is 0.955. The SMILES string of the molecule is NCc1ccccc1C#CCO. The first-order valence-corrected chi connectivity index (χ1v) is 3.76. The molecule has 0 aliphatic rings. The van der Waals surface area contributed by atoms with Gasteiger partial charge in [0.1, 0.15) is 6.61 Å². The summed E-state index contributed by atoms with van der Waals surface area (Å²) in [6.07, 6.45) is 0. The summed E-state index contributed by atoms with van der Waals surface area (Å²) in [7, 11) is 0. The van der Waals surface area contributed by atoms with E-state index >= 15 is 0 Å². The third-order valence-electron chi connectivity index (χ3n) is 1.54. The monoisotopic (exact) mass is 161 g/mol. The van der Waals surface area contributed by atoms with E-state index in [9.17, 15) is 0 Å². The van der Waals surface area contributed by atoms with Crippen LogP contribution in [0.3, 0.4) is 0 Å². The van der Waals surface area contributed by atoms with Crippen molar-refractivity contribution in [2.75, 3.05) is 6.61 Å². The number of hydrogen-bond acceptors (Lipinski definition) is 2. The summed E-state index contributed by atoms with van der Waals surface area (Å²) in [5, 5.41) is 8.49. The molecule has 62 valence electrons. The van der Waals surface area contributed by atoms with Gasteiger partial charge in [-0.3, -0.25) is 0 Å².